The van der Waals surface area contributed by atoms with Gasteiger partial charge in [-0.3, -0.25) is 0 Å². The van der Waals surface area contributed by atoms with Crippen LogP contribution in [0.25, 0.3) is 0 Å². The Kier molecular flexibility index (Phi) is 4.39. The van der Waals surface area contributed by atoms with Gasteiger partial charge in [-0.15, -0.1) is 11.3 Å². The zero-order valence-electron chi connectivity index (χ0n) is 9.84. The van der Waals surface area contributed by atoms with Crippen LogP contribution in [0.4, 0.5) is 21.5 Å². The number of nitrogens with one attached hydrogen (secondary N) is 1. The fourth-order valence-electron chi connectivity index (χ4n) is 1.64. The van der Waals surface area contributed by atoms with Gasteiger partial charge in [0.25, 0.3) is 0 Å². The molecule has 0 amide bonds. The van der Waals surface area contributed by atoms with Gasteiger partial charge in [0, 0.05) is 11.4 Å². The van der Waals surface area contributed by atoms with Crippen molar-refractivity contribution in [1.82, 2.24) is 0 Å². The van der Waals surface area contributed by atoms with Gasteiger partial charge >= 0.3 is 0 Å². The average molecular weight is 320 g/mol. The molecule has 0 aliphatic carbocycles. The highest BCUT2D eigenvalue weighted by molar-refractivity contribution is 7.16. The van der Waals surface area contributed by atoms with E-state index in [1.165, 1.54) is 17.4 Å². The molecule has 1 aromatic carbocycles. The Bertz CT molecular complexity index is 601. The lowest BCUT2D eigenvalue weighted by molar-refractivity contribution is 0.632. The number of nitrogen functional groups attached to an aromatic ring is 2. The van der Waals surface area contributed by atoms with Crippen LogP contribution in [0, 0.1) is 5.82 Å². The van der Waals surface area contributed by atoms with Crippen LogP contribution in [0.15, 0.2) is 18.2 Å². The van der Waals surface area contributed by atoms with Crippen LogP contribution in [-0.4, -0.2) is 6.54 Å². The monoisotopic (exact) mass is 319 g/mol. The van der Waals surface area contributed by atoms with E-state index in [0.717, 1.165) is 15.6 Å². The molecule has 0 aliphatic heterocycles. The third-order valence-electron chi connectivity index (χ3n) is 2.57. The van der Waals surface area contributed by atoms with Gasteiger partial charge in [-0.25, -0.2) is 4.39 Å². The Labute approximate surface area is 124 Å². The van der Waals surface area contributed by atoms with E-state index in [4.69, 9.17) is 34.7 Å². The molecular formula is C12H12Cl2FN3S. The van der Waals surface area contributed by atoms with Crippen molar-refractivity contribution in [2.75, 3.05) is 23.3 Å². The normalized spacial score (nSPS) is 10.7. The van der Waals surface area contributed by atoms with Gasteiger partial charge in [-0.05, 0) is 24.6 Å². The Balaban J connectivity index is 2.05. The predicted octanol–water partition coefficient (Wildman–Crippen LogP) is 4.01. The van der Waals surface area contributed by atoms with Gasteiger partial charge in [0.05, 0.1) is 21.4 Å². The van der Waals surface area contributed by atoms with Crippen molar-refractivity contribution < 1.29 is 4.39 Å². The molecule has 2 rings (SSSR count). The number of thiophene rings is 1. The topological polar surface area (TPSA) is 64.1 Å². The largest absolute Gasteiger partial charge is 0.397 e. The maximum absolute atomic E-state index is 13.9. The molecule has 0 atom stereocenters. The molecule has 19 heavy (non-hydrogen) atoms. The number of halogens is 3. The second-order valence-electron chi connectivity index (χ2n) is 3.94. The molecule has 1 aromatic heterocycles. The number of anilines is 3. The summed E-state index contributed by atoms with van der Waals surface area (Å²) in [6.45, 7) is 0.526. The van der Waals surface area contributed by atoms with Gasteiger partial charge in [0.2, 0.25) is 0 Å². The summed E-state index contributed by atoms with van der Waals surface area (Å²) in [5.74, 6) is -0.622. The van der Waals surface area contributed by atoms with Crippen molar-refractivity contribution in [2.24, 2.45) is 0 Å². The summed E-state index contributed by atoms with van der Waals surface area (Å²) < 4.78 is 14.6. The van der Waals surface area contributed by atoms with E-state index < -0.39 is 5.82 Å². The summed E-state index contributed by atoms with van der Waals surface area (Å²) in [4.78, 5) is 1.11. The molecule has 1 heterocycles. The molecule has 3 nitrogen and oxygen atoms in total. The quantitative estimate of drug-likeness (QED) is 0.746. The summed E-state index contributed by atoms with van der Waals surface area (Å²) in [6, 6.07) is 5.21. The average Bonchev–Trinajstić information content (AvgIpc) is 2.77. The summed E-state index contributed by atoms with van der Waals surface area (Å²) >= 11 is 13.1. The molecule has 0 radical (unpaired) electrons. The minimum atomic E-state index is -0.622. The van der Waals surface area contributed by atoms with Crippen LogP contribution in [0.2, 0.25) is 9.36 Å². The summed E-state index contributed by atoms with van der Waals surface area (Å²) in [6.07, 6.45) is 0.720. The smallest absolute Gasteiger partial charge is 0.169 e. The van der Waals surface area contributed by atoms with Crippen LogP contribution in [-0.2, 0) is 6.42 Å². The highest BCUT2D eigenvalue weighted by Gasteiger charge is 2.13. The molecule has 0 fully saturated rings. The molecule has 0 bridgehead atoms. The van der Waals surface area contributed by atoms with E-state index in [2.05, 4.69) is 5.32 Å². The third-order valence-corrected chi connectivity index (χ3v) is 4.24. The minimum absolute atomic E-state index is 0.115. The molecular weight excluding hydrogens is 308 g/mol. The Morgan fingerprint density at radius 3 is 2.58 bits per heavy atom. The Morgan fingerprint density at radius 2 is 1.95 bits per heavy atom. The fraction of sp³-hybridized carbons (Fsp3) is 0.167. The first-order chi connectivity index (χ1) is 8.99. The maximum Gasteiger partial charge on any atom is 0.169 e. The first-order valence-electron chi connectivity index (χ1n) is 5.50. The first kappa shape index (κ1) is 14.2. The standard InChI is InChI=1S/C12H12Cl2FN3S/c13-9-2-1-6(19-9)3-4-18-12-8(17)5-7(16)10(14)11(12)15/h1-2,5,18H,3-4,16-17H2. The van der Waals surface area contributed by atoms with E-state index in [-0.39, 0.29) is 22.1 Å². The zero-order valence-corrected chi connectivity index (χ0v) is 12.2. The predicted molar refractivity (Wildman–Crippen MR) is 81.8 cm³/mol. The van der Waals surface area contributed by atoms with Crippen molar-refractivity contribution in [1.29, 1.82) is 0 Å². The van der Waals surface area contributed by atoms with E-state index >= 15 is 0 Å². The van der Waals surface area contributed by atoms with Gasteiger partial charge in [0.15, 0.2) is 5.82 Å². The van der Waals surface area contributed by atoms with Gasteiger partial charge in [-0.2, -0.15) is 0 Å². The van der Waals surface area contributed by atoms with Crippen molar-refractivity contribution in [3.8, 4) is 0 Å². The van der Waals surface area contributed by atoms with Crippen molar-refractivity contribution in [2.45, 2.75) is 6.42 Å². The lowest BCUT2D eigenvalue weighted by atomic mass is 10.2. The Hall–Kier alpha value is -1.17. The van der Waals surface area contributed by atoms with Crippen LogP contribution >= 0.6 is 34.5 Å². The van der Waals surface area contributed by atoms with Crippen LogP contribution in [0.5, 0.6) is 0 Å². The zero-order chi connectivity index (χ0) is 14.0. The summed E-state index contributed by atoms with van der Waals surface area (Å²) in [7, 11) is 0. The summed E-state index contributed by atoms with van der Waals surface area (Å²) in [5.41, 5.74) is 11.8. The molecule has 7 heteroatoms. The lowest BCUT2D eigenvalue weighted by Gasteiger charge is -2.12. The molecule has 2 aromatic rings. The maximum atomic E-state index is 13.9. The van der Waals surface area contributed by atoms with E-state index in [0.29, 0.717) is 6.54 Å². The Morgan fingerprint density at radius 1 is 1.21 bits per heavy atom. The SMILES string of the molecule is Nc1cc(N)c(NCCc2ccc(Cl)s2)c(F)c1Cl. The number of nitrogens with two attached hydrogens (primary N) is 2. The van der Waals surface area contributed by atoms with Gasteiger partial charge in [0.1, 0.15) is 5.02 Å². The number of benzene rings is 1. The molecule has 0 saturated heterocycles. The van der Waals surface area contributed by atoms with Crippen LogP contribution in [0.3, 0.4) is 0 Å². The highest BCUT2D eigenvalue weighted by Crippen LogP contribution is 2.33. The van der Waals surface area contributed by atoms with E-state index in [9.17, 15) is 4.39 Å². The minimum Gasteiger partial charge on any atom is -0.397 e. The second-order valence-corrected chi connectivity index (χ2v) is 6.12. The molecule has 0 spiro atoms. The van der Waals surface area contributed by atoms with Gasteiger partial charge in [-0.1, -0.05) is 23.2 Å². The van der Waals surface area contributed by atoms with E-state index in [1.54, 1.807) is 0 Å². The van der Waals surface area contributed by atoms with Crippen LogP contribution < -0.4 is 16.8 Å². The van der Waals surface area contributed by atoms with Crippen LogP contribution in [0.1, 0.15) is 4.88 Å². The number of hydrogen-bond acceptors (Lipinski definition) is 4. The molecule has 0 saturated carbocycles. The second kappa shape index (κ2) is 5.86. The van der Waals surface area contributed by atoms with Crippen molar-refractivity contribution >= 4 is 51.6 Å². The number of hydrogen-bond donors (Lipinski definition) is 3. The number of rotatable bonds is 4. The molecule has 0 aliphatic rings. The molecule has 5 N–H and O–H groups in total. The molecule has 102 valence electrons. The van der Waals surface area contributed by atoms with Gasteiger partial charge < -0.3 is 16.8 Å². The fourth-order valence-corrected chi connectivity index (χ4v) is 2.88. The van der Waals surface area contributed by atoms with E-state index in [1.807, 2.05) is 12.1 Å². The van der Waals surface area contributed by atoms with Crippen molar-refractivity contribution in [3.05, 3.63) is 38.3 Å². The highest BCUT2D eigenvalue weighted by atomic mass is 35.5. The molecule has 0 unspecified atom stereocenters. The van der Waals surface area contributed by atoms with Crippen molar-refractivity contribution in [3.63, 3.8) is 0 Å². The first-order valence-corrected chi connectivity index (χ1v) is 7.07. The third kappa shape index (κ3) is 3.23. The summed E-state index contributed by atoms with van der Waals surface area (Å²) in [5, 5.41) is 2.82. The lowest BCUT2D eigenvalue weighted by Crippen LogP contribution is -2.09.